The number of fused-ring (bicyclic) bond motifs is 9. The molecule has 3 heteroatoms. The van der Waals surface area contributed by atoms with Gasteiger partial charge < -0.3 is 9.13 Å². The quantitative estimate of drug-likeness (QED) is 0.217. The lowest BCUT2D eigenvalue weighted by Crippen LogP contribution is -1.96. The van der Waals surface area contributed by atoms with E-state index in [9.17, 15) is 0 Å². The van der Waals surface area contributed by atoms with Gasteiger partial charge in [-0.3, -0.25) is 4.98 Å². The fraction of sp³-hybridized carbons (Fsp3) is 0. The lowest BCUT2D eigenvalue weighted by molar-refractivity contribution is 1.17. The highest BCUT2D eigenvalue weighted by Crippen LogP contribution is 2.48. The van der Waals surface area contributed by atoms with Gasteiger partial charge in [-0.15, -0.1) is 0 Å². The molecule has 0 saturated heterocycles. The highest BCUT2D eigenvalue weighted by molar-refractivity contribution is 6.16. The molecular formula is C39H23N3. The van der Waals surface area contributed by atoms with Crippen LogP contribution in [0.5, 0.6) is 0 Å². The van der Waals surface area contributed by atoms with Crippen molar-refractivity contribution in [3.05, 3.63) is 140 Å². The van der Waals surface area contributed by atoms with E-state index in [0.29, 0.717) is 0 Å². The van der Waals surface area contributed by atoms with Crippen LogP contribution in [0.3, 0.4) is 0 Å². The number of rotatable bonds is 2. The summed E-state index contributed by atoms with van der Waals surface area (Å²) < 4.78 is 4.81. The van der Waals surface area contributed by atoms with Gasteiger partial charge in [-0.05, 0) is 65.2 Å². The Morgan fingerprint density at radius 3 is 1.69 bits per heavy atom. The third kappa shape index (κ3) is 2.77. The predicted octanol–water partition coefficient (Wildman–Crippen LogP) is 10.1. The fourth-order valence-electron chi connectivity index (χ4n) is 7.37. The van der Waals surface area contributed by atoms with Gasteiger partial charge in [0.2, 0.25) is 0 Å². The van der Waals surface area contributed by atoms with Gasteiger partial charge >= 0.3 is 0 Å². The Bertz CT molecular complexity index is 2520. The third-order valence-corrected chi connectivity index (χ3v) is 9.12. The molecule has 3 nitrogen and oxygen atoms in total. The van der Waals surface area contributed by atoms with Crippen molar-refractivity contribution in [1.29, 1.82) is 0 Å². The average Bonchev–Trinajstić information content (AvgIpc) is 3.68. The van der Waals surface area contributed by atoms with Crippen molar-refractivity contribution in [2.75, 3.05) is 0 Å². The van der Waals surface area contributed by atoms with Crippen molar-refractivity contribution in [2.24, 2.45) is 0 Å². The van der Waals surface area contributed by atoms with Crippen LogP contribution in [0.2, 0.25) is 0 Å². The maximum atomic E-state index is 4.58. The van der Waals surface area contributed by atoms with Gasteiger partial charge in [0.1, 0.15) is 0 Å². The molecule has 42 heavy (non-hydrogen) atoms. The van der Waals surface area contributed by atoms with Crippen LogP contribution in [0.1, 0.15) is 0 Å². The van der Waals surface area contributed by atoms with Crippen LogP contribution in [0.4, 0.5) is 0 Å². The standard InChI is InChI=1S/C39H23N3/c1-4-13-35-28(9-1)29-10-2-5-14-36(29)41(35)26-17-19-38-33(21-26)30-11-3-6-15-37(30)42(38)25-16-18-27-31-12-7-8-24-22-40-23-34(39(24)31)32(27)20-25/h1-23H. The molecule has 6 aromatic carbocycles. The van der Waals surface area contributed by atoms with Crippen molar-refractivity contribution >= 4 is 54.4 Å². The molecule has 0 atom stereocenters. The molecule has 1 aliphatic carbocycles. The number of pyridine rings is 1. The molecule has 0 fully saturated rings. The summed E-state index contributed by atoms with van der Waals surface area (Å²) in [5.41, 5.74) is 12.2. The Hall–Kier alpha value is -5.67. The molecule has 1 aliphatic rings. The minimum absolute atomic E-state index is 1.16. The molecule has 0 N–H and O–H groups in total. The molecule has 0 spiro atoms. The molecule has 0 bridgehead atoms. The Labute approximate surface area is 241 Å². The number of para-hydroxylation sites is 3. The summed E-state index contributed by atoms with van der Waals surface area (Å²) in [5, 5.41) is 7.55. The molecule has 3 heterocycles. The first-order valence-corrected chi connectivity index (χ1v) is 14.4. The molecule has 10 rings (SSSR count). The van der Waals surface area contributed by atoms with Crippen molar-refractivity contribution < 1.29 is 0 Å². The smallest absolute Gasteiger partial charge is 0.0542 e. The van der Waals surface area contributed by atoms with Crippen LogP contribution in [0.25, 0.3) is 88.0 Å². The molecule has 3 aromatic heterocycles. The van der Waals surface area contributed by atoms with Gasteiger partial charge in [0, 0.05) is 61.6 Å². The Morgan fingerprint density at radius 1 is 0.381 bits per heavy atom. The average molecular weight is 534 g/mol. The number of nitrogens with zero attached hydrogens (tertiary/aromatic N) is 3. The van der Waals surface area contributed by atoms with E-state index in [-0.39, 0.29) is 0 Å². The monoisotopic (exact) mass is 533 g/mol. The molecular weight excluding hydrogens is 510 g/mol. The number of benzene rings is 6. The first-order valence-electron chi connectivity index (χ1n) is 14.4. The van der Waals surface area contributed by atoms with Crippen molar-refractivity contribution in [3.63, 3.8) is 0 Å². The summed E-state index contributed by atoms with van der Waals surface area (Å²) in [6.45, 7) is 0. The van der Waals surface area contributed by atoms with Crippen LogP contribution in [0, 0.1) is 0 Å². The molecule has 0 radical (unpaired) electrons. The maximum absolute atomic E-state index is 4.58. The molecule has 0 saturated carbocycles. The van der Waals surface area contributed by atoms with Gasteiger partial charge in [-0.1, -0.05) is 78.9 Å². The number of hydrogen-bond acceptors (Lipinski definition) is 1. The highest BCUT2D eigenvalue weighted by Gasteiger charge is 2.23. The van der Waals surface area contributed by atoms with Gasteiger partial charge in [0.25, 0.3) is 0 Å². The largest absolute Gasteiger partial charge is 0.309 e. The van der Waals surface area contributed by atoms with Crippen molar-refractivity contribution in [1.82, 2.24) is 14.1 Å². The summed E-state index contributed by atoms with van der Waals surface area (Å²) in [5.74, 6) is 0. The normalized spacial score (nSPS) is 12.3. The summed E-state index contributed by atoms with van der Waals surface area (Å²) in [6.07, 6.45) is 3.99. The minimum Gasteiger partial charge on any atom is -0.309 e. The second kappa shape index (κ2) is 7.96. The van der Waals surface area contributed by atoms with Gasteiger partial charge in [0.05, 0.1) is 22.1 Å². The molecule has 0 amide bonds. The second-order valence-electron chi connectivity index (χ2n) is 11.2. The molecule has 0 aliphatic heterocycles. The second-order valence-corrected chi connectivity index (χ2v) is 11.2. The van der Waals surface area contributed by atoms with E-state index in [2.05, 4.69) is 142 Å². The van der Waals surface area contributed by atoms with Gasteiger partial charge in [-0.2, -0.15) is 0 Å². The SMILES string of the molecule is c1cc2c3c(cncc3c1)-c1cc(-n3c4ccccc4c4cc(-n5c6ccccc6c6ccccc65)ccc43)ccc1-2. The van der Waals surface area contributed by atoms with Crippen LogP contribution in [-0.4, -0.2) is 14.1 Å². The zero-order valence-corrected chi connectivity index (χ0v) is 22.6. The van der Waals surface area contributed by atoms with Crippen LogP contribution >= 0.6 is 0 Å². The molecule has 194 valence electrons. The molecule has 9 aromatic rings. The summed E-state index contributed by atoms with van der Waals surface area (Å²) in [7, 11) is 0. The highest BCUT2D eigenvalue weighted by atomic mass is 15.0. The van der Waals surface area contributed by atoms with E-state index in [0.717, 1.165) is 5.69 Å². The number of hydrogen-bond donors (Lipinski definition) is 0. The van der Waals surface area contributed by atoms with Crippen LogP contribution < -0.4 is 0 Å². The number of aromatic nitrogens is 3. The third-order valence-electron chi connectivity index (χ3n) is 9.12. The van der Waals surface area contributed by atoms with E-state index in [1.54, 1.807) is 0 Å². The van der Waals surface area contributed by atoms with Crippen LogP contribution in [-0.2, 0) is 0 Å². The van der Waals surface area contributed by atoms with E-state index < -0.39 is 0 Å². The first-order chi connectivity index (χ1) is 20.8. The van der Waals surface area contributed by atoms with Gasteiger partial charge in [0.15, 0.2) is 0 Å². The van der Waals surface area contributed by atoms with E-state index in [4.69, 9.17) is 0 Å². The topological polar surface area (TPSA) is 22.8 Å². The van der Waals surface area contributed by atoms with Crippen molar-refractivity contribution in [3.8, 4) is 33.6 Å². The maximum Gasteiger partial charge on any atom is 0.0542 e. The van der Waals surface area contributed by atoms with E-state index in [1.807, 2.05) is 12.4 Å². The minimum atomic E-state index is 1.16. The Balaban J connectivity index is 1.24. The lowest BCUT2D eigenvalue weighted by Gasteiger charge is -2.12. The lowest BCUT2D eigenvalue weighted by atomic mass is 10.0. The van der Waals surface area contributed by atoms with E-state index >= 15 is 0 Å². The zero-order chi connectivity index (χ0) is 27.4. The van der Waals surface area contributed by atoms with Crippen molar-refractivity contribution in [2.45, 2.75) is 0 Å². The summed E-state index contributed by atoms with van der Waals surface area (Å²) >= 11 is 0. The summed E-state index contributed by atoms with van der Waals surface area (Å²) in [4.78, 5) is 4.58. The van der Waals surface area contributed by atoms with E-state index in [1.165, 1.54) is 82.3 Å². The molecule has 0 unspecified atom stereocenters. The van der Waals surface area contributed by atoms with Gasteiger partial charge in [-0.25, -0.2) is 0 Å². The Kier molecular flexibility index (Phi) is 4.18. The Morgan fingerprint density at radius 2 is 0.976 bits per heavy atom. The fourth-order valence-corrected chi connectivity index (χ4v) is 7.37. The zero-order valence-electron chi connectivity index (χ0n) is 22.6. The first kappa shape index (κ1) is 22.1. The van der Waals surface area contributed by atoms with Crippen LogP contribution in [0.15, 0.2) is 140 Å². The summed E-state index contributed by atoms with van der Waals surface area (Å²) in [6, 6.07) is 46.5. The predicted molar refractivity (Wildman–Crippen MR) is 175 cm³/mol.